The van der Waals surface area contributed by atoms with Gasteiger partial charge in [0.2, 0.25) is 5.91 Å². The number of hydrogen-bond acceptors (Lipinski definition) is 3. The fourth-order valence-electron chi connectivity index (χ4n) is 4.62. The third-order valence-corrected chi connectivity index (χ3v) is 6.02. The lowest BCUT2D eigenvalue weighted by molar-refractivity contribution is -0.134. The van der Waals surface area contributed by atoms with E-state index in [4.69, 9.17) is 0 Å². The predicted molar refractivity (Wildman–Crippen MR) is 114 cm³/mol. The van der Waals surface area contributed by atoms with Gasteiger partial charge in [-0.05, 0) is 41.8 Å². The van der Waals surface area contributed by atoms with E-state index in [-0.39, 0.29) is 12.5 Å². The molecule has 6 nitrogen and oxygen atoms in total. The number of benzene rings is 3. The van der Waals surface area contributed by atoms with Gasteiger partial charge in [-0.1, -0.05) is 60.7 Å². The topological polar surface area (TPSA) is 78.5 Å². The second-order valence-electron chi connectivity index (χ2n) is 7.81. The zero-order valence-electron chi connectivity index (χ0n) is 16.4. The van der Waals surface area contributed by atoms with E-state index in [0.717, 1.165) is 39.6 Å². The van der Waals surface area contributed by atoms with Gasteiger partial charge in [-0.15, -0.1) is 0 Å². The highest BCUT2D eigenvalue weighted by Gasteiger charge is 2.54. The van der Waals surface area contributed by atoms with E-state index in [1.54, 1.807) is 0 Å². The molecule has 1 aliphatic heterocycles. The molecule has 6 heteroatoms. The zero-order chi connectivity index (χ0) is 20.7. The average Bonchev–Trinajstić information content (AvgIpc) is 2.99. The minimum Gasteiger partial charge on any atom is -0.324 e. The summed E-state index contributed by atoms with van der Waals surface area (Å²) in [5.41, 5.74) is 1.50. The van der Waals surface area contributed by atoms with Crippen molar-refractivity contribution in [2.24, 2.45) is 0 Å². The van der Waals surface area contributed by atoms with Crippen molar-refractivity contribution in [1.29, 1.82) is 0 Å². The molecule has 30 heavy (non-hydrogen) atoms. The molecule has 1 aliphatic carbocycles. The molecule has 2 N–H and O–H groups in total. The Morgan fingerprint density at radius 3 is 2.67 bits per heavy atom. The summed E-state index contributed by atoms with van der Waals surface area (Å²) in [5, 5.41) is 7.64. The molecule has 1 unspecified atom stereocenters. The lowest BCUT2D eigenvalue weighted by Crippen LogP contribution is -2.47. The molecule has 5 rings (SSSR count). The van der Waals surface area contributed by atoms with Gasteiger partial charge in [0.25, 0.3) is 5.91 Å². The quantitative estimate of drug-likeness (QED) is 0.661. The van der Waals surface area contributed by atoms with Crippen LogP contribution in [0.4, 0.5) is 10.5 Å². The van der Waals surface area contributed by atoms with Crippen LogP contribution < -0.4 is 10.6 Å². The highest BCUT2D eigenvalue weighted by Crippen LogP contribution is 2.39. The molecule has 0 saturated carbocycles. The van der Waals surface area contributed by atoms with E-state index in [1.807, 2.05) is 66.7 Å². The van der Waals surface area contributed by atoms with Crippen LogP contribution in [0.15, 0.2) is 66.7 Å². The van der Waals surface area contributed by atoms with E-state index >= 15 is 0 Å². The van der Waals surface area contributed by atoms with Crippen LogP contribution in [0.5, 0.6) is 0 Å². The minimum atomic E-state index is -1.06. The summed E-state index contributed by atoms with van der Waals surface area (Å²) >= 11 is 0. The maximum Gasteiger partial charge on any atom is 0.325 e. The number of nitrogens with zero attached hydrogens (tertiary/aromatic N) is 1. The summed E-state index contributed by atoms with van der Waals surface area (Å²) in [6.07, 6.45) is 2.22. The van der Waals surface area contributed by atoms with Gasteiger partial charge >= 0.3 is 6.03 Å². The van der Waals surface area contributed by atoms with E-state index in [0.29, 0.717) is 12.1 Å². The first kappa shape index (κ1) is 18.4. The highest BCUT2D eigenvalue weighted by atomic mass is 16.2. The molecule has 1 atom stereocenters. The molecule has 0 radical (unpaired) electrons. The summed E-state index contributed by atoms with van der Waals surface area (Å²) < 4.78 is 0. The molecule has 0 aromatic heterocycles. The summed E-state index contributed by atoms with van der Waals surface area (Å²) in [6.45, 7) is -0.322. The molecular weight excluding hydrogens is 378 g/mol. The Balaban J connectivity index is 1.39. The van der Waals surface area contributed by atoms with Crippen molar-refractivity contribution >= 4 is 34.3 Å². The molecule has 1 fully saturated rings. The van der Waals surface area contributed by atoms with Crippen LogP contribution in [0.3, 0.4) is 0 Å². The molecular formula is C24H21N3O3. The standard InChI is InChI=1S/C24H21N3O3/c28-21(25-20-13-5-9-16-7-1-3-11-18(16)20)15-27-22(29)24(26-23(27)30)14-6-10-17-8-2-4-12-19(17)24/h1-5,7-9,11-13H,6,10,14-15H2,(H,25,28)(H,26,30). The van der Waals surface area contributed by atoms with Crippen LogP contribution in [-0.4, -0.2) is 29.3 Å². The summed E-state index contributed by atoms with van der Waals surface area (Å²) in [4.78, 5) is 39.8. The van der Waals surface area contributed by atoms with Gasteiger partial charge in [-0.2, -0.15) is 0 Å². The number of nitrogens with one attached hydrogen (secondary N) is 2. The number of urea groups is 1. The van der Waals surface area contributed by atoms with Gasteiger partial charge in [0.1, 0.15) is 12.1 Å². The predicted octanol–water partition coefficient (Wildman–Crippen LogP) is 3.56. The van der Waals surface area contributed by atoms with Gasteiger partial charge < -0.3 is 10.6 Å². The first-order valence-corrected chi connectivity index (χ1v) is 10.1. The van der Waals surface area contributed by atoms with Crippen LogP contribution in [0.25, 0.3) is 10.8 Å². The normalized spacial score (nSPS) is 20.3. The molecule has 3 aromatic carbocycles. The van der Waals surface area contributed by atoms with Crippen molar-refractivity contribution in [3.63, 3.8) is 0 Å². The van der Waals surface area contributed by atoms with Gasteiger partial charge in [-0.3, -0.25) is 14.5 Å². The Kier molecular flexibility index (Phi) is 4.28. The monoisotopic (exact) mass is 399 g/mol. The Hall–Kier alpha value is -3.67. The molecule has 2 aliphatic rings. The second-order valence-corrected chi connectivity index (χ2v) is 7.81. The first-order valence-electron chi connectivity index (χ1n) is 10.1. The fraction of sp³-hybridized carbons (Fsp3) is 0.208. The molecule has 1 heterocycles. The molecule has 0 bridgehead atoms. The van der Waals surface area contributed by atoms with Gasteiger partial charge in [0.15, 0.2) is 0 Å². The molecule has 4 amide bonds. The van der Waals surface area contributed by atoms with Crippen LogP contribution in [0.1, 0.15) is 24.0 Å². The molecule has 1 spiro atoms. The Morgan fingerprint density at radius 2 is 1.77 bits per heavy atom. The van der Waals surface area contributed by atoms with E-state index < -0.39 is 17.5 Å². The zero-order valence-corrected chi connectivity index (χ0v) is 16.4. The van der Waals surface area contributed by atoms with E-state index in [9.17, 15) is 14.4 Å². The number of carbonyl (C=O) groups is 3. The van der Waals surface area contributed by atoms with Crippen molar-refractivity contribution in [1.82, 2.24) is 10.2 Å². The maximum atomic E-state index is 13.3. The number of amides is 4. The lowest BCUT2D eigenvalue weighted by atomic mass is 9.76. The number of carbonyl (C=O) groups excluding carboxylic acids is 3. The van der Waals surface area contributed by atoms with Gasteiger partial charge in [0.05, 0.1) is 0 Å². The van der Waals surface area contributed by atoms with E-state index in [1.165, 1.54) is 0 Å². The summed E-state index contributed by atoms with van der Waals surface area (Å²) in [7, 11) is 0. The third kappa shape index (κ3) is 2.84. The summed E-state index contributed by atoms with van der Waals surface area (Å²) in [5.74, 6) is -0.760. The Labute approximate surface area is 173 Å². The highest BCUT2D eigenvalue weighted by molar-refractivity contribution is 6.11. The van der Waals surface area contributed by atoms with Crippen molar-refractivity contribution < 1.29 is 14.4 Å². The van der Waals surface area contributed by atoms with E-state index in [2.05, 4.69) is 10.6 Å². The third-order valence-electron chi connectivity index (χ3n) is 6.02. The number of fused-ring (bicyclic) bond motifs is 3. The van der Waals surface area contributed by atoms with Crippen molar-refractivity contribution in [3.8, 4) is 0 Å². The number of imide groups is 1. The average molecular weight is 399 g/mol. The number of rotatable bonds is 3. The molecule has 1 saturated heterocycles. The Bertz CT molecular complexity index is 1180. The Morgan fingerprint density at radius 1 is 1.00 bits per heavy atom. The van der Waals surface area contributed by atoms with Crippen LogP contribution >= 0.6 is 0 Å². The SMILES string of the molecule is O=C(CN1C(=O)NC2(CCCc3ccccc32)C1=O)Nc1cccc2ccccc12. The van der Waals surface area contributed by atoms with Crippen LogP contribution in [0, 0.1) is 0 Å². The second kappa shape index (κ2) is 6.99. The van der Waals surface area contributed by atoms with Crippen LogP contribution in [-0.2, 0) is 21.5 Å². The maximum absolute atomic E-state index is 13.3. The molecule has 150 valence electrons. The first-order chi connectivity index (χ1) is 14.6. The fourth-order valence-corrected chi connectivity index (χ4v) is 4.62. The minimum absolute atomic E-state index is 0.322. The summed E-state index contributed by atoms with van der Waals surface area (Å²) in [6, 6.07) is 20.5. The van der Waals surface area contributed by atoms with Gasteiger partial charge in [0, 0.05) is 11.1 Å². The van der Waals surface area contributed by atoms with Crippen molar-refractivity contribution in [3.05, 3.63) is 77.9 Å². The van der Waals surface area contributed by atoms with Gasteiger partial charge in [-0.25, -0.2) is 4.79 Å². The number of hydrogen-bond donors (Lipinski definition) is 2. The van der Waals surface area contributed by atoms with Crippen molar-refractivity contribution in [2.75, 3.05) is 11.9 Å². The number of aryl methyl sites for hydroxylation is 1. The van der Waals surface area contributed by atoms with Crippen LogP contribution in [0.2, 0.25) is 0 Å². The number of anilines is 1. The largest absolute Gasteiger partial charge is 0.325 e. The smallest absolute Gasteiger partial charge is 0.324 e. The lowest BCUT2D eigenvalue weighted by Gasteiger charge is -2.33. The van der Waals surface area contributed by atoms with Crippen molar-refractivity contribution in [2.45, 2.75) is 24.8 Å². The molecule has 3 aromatic rings.